The van der Waals surface area contributed by atoms with Crippen molar-refractivity contribution < 1.29 is 4.79 Å². The van der Waals surface area contributed by atoms with Crippen LogP contribution < -0.4 is 10.6 Å². The maximum Gasteiger partial charge on any atom is 0.242 e. The van der Waals surface area contributed by atoms with Crippen LogP contribution in [0.3, 0.4) is 0 Å². The Kier molecular flexibility index (Phi) is 6.42. The number of nitrogens with two attached hydrogens (primary N) is 1. The van der Waals surface area contributed by atoms with Crippen LogP contribution in [0.25, 0.3) is 0 Å². The molecule has 1 amide bonds. The molecule has 0 atom stereocenters. The van der Waals surface area contributed by atoms with E-state index < -0.39 is 0 Å². The summed E-state index contributed by atoms with van der Waals surface area (Å²) in [7, 11) is 1.87. The van der Waals surface area contributed by atoms with Crippen LogP contribution in [-0.2, 0) is 4.79 Å². The molecule has 0 fully saturated rings. The summed E-state index contributed by atoms with van der Waals surface area (Å²) in [6, 6.07) is 5.69. The third-order valence-corrected chi connectivity index (χ3v) is 3.84. The van der Waals surface area contributed by atoms with Crippen molar-refractivity contribution >= 4 is 44.7 Å². The summed E-state index contributed by atoms with van der Waals surface area (Å²) >= 11 is 8.48. The predicted molar refractivity (Wildman–Crippen MR) is 91.2 cm³/mol. The second-order valence-electron chi connectivity index (χ2n) is 4.45. The zero-order chi connectivity index (χ0) is 15.3. The van der Waals surface area contributed by atoms with Crippen molar-refractivity contribution in [3.63, 3.8) is 0 Å². The van der Waals surface area contributed by atoms with Gasteiger partial charge in [0.05, 0.1) is 6.54 Å². The first-order valence-electron chi connectivity index (χ1n) is 6.48. The first-order valence-corrected chi connectivity index (χ1v) is 7.69. The van der Waals surface area contributed by atoms with E-state index in [1.165, 1.54) is 0 Å². The third kappa shape index (κ3) is 4.18. The number of thiocarbonyl (C=S) groups is 1. The fourth-order valence-electron chi connectivity index (χ4n) is 2.00. The van der Waals surface area contributed by atoms with Gasteiger partial charge < -0.3 is 15.5 Å². The highest BCUT2D eigenvalue weighted by atomic mass is 79.9. The molecule has 0 unspecified atom stereocenters. The van der Waals surface area contributed by atoms with Gasteiger partial charge in [-0.25, -0.2) is 0 Å². The second kappa shape index (κ2) is 7.59. The minimum Gasteiger partial charge on any atom is -0.389 e. The van der Waals surface area contributed by atoms with Crippen molar-refractivity contribution in [3.8, 4) is 0 Å². The van der Waals surface area contributed by atoms with Gasteiger partial charge in [0.25, 0.3) is 0 Å². The lowest BCUT2D eigenvalue weighted by atomic mass is 10.1. The van der Waals surface area contributed by atoms with E-state index in [0.29, 0.717) is 24.6 Å². The van der Waals surface area contributed by atoms with Crippen LogP contribution in [0, 0.1) is 0 Å². The minimum absolute atomic E-state index is 0.0920. The Morgan fingerprint density at radius 2 is 1.95 bits per heavy atom. The summed E-state index contributed by atoms with van der Waals surface area (Å²) < 4.78 is 0.910. The number of halogens is 1. The number of rotatable bonds is 6. The number of hydrogen-bond donors (Lipinski definition) is 1. The van der Waals surface area contributed by atoms with E-state index in [2.05, 4.69) is 15.9 Å². The number of nitrogens with zero attached hydrogens (tertiary/aromatic N) is 2. The Bertz CT molecular complexity index is 503. The Balaban J connectivity index is 2.95. The summed E-state index contributed by atoms with van der Waals surface area (Å²) in [5, 5.41) is 0. The molecule has 1 aromatic rings. The summed E-state index contributed by atoms with van der Waals surface area (Å²) in [5.74, 6) is 0.0920. The topological polar surface area (TPSA) is 49.6 Å². The zero-order valence-electron chi connectivity index (χ0n) is 12.0. The number of amides is 1. The molecule has 1 aromatic carbocycles. The monoisotopic (exact) mass is 357 g/mol. The lowest BCUT2D eigenvalue weighted by Crippen LogP contribution is -2.39. The number of carbonyl (C=O) groups excluding carboxylic acids is 1. The van der Waals surface area contributed by atoms with Gasteiger partial charge in [-0.2, -0.15) is 0 Å². The molecule has 0 aliphatic rings. The van der Waals surface area contributed by atoms with Gasteiger partial charge in [0.15, 0.2) is 0 Å². The van der Waals surface area contributed by atoms with Gasteiger partial charge >= 0.3 is 0 Å². The van der Waals surface area contributed by atoms with Gasteiger partial charge in [0.2, 0.25) is 5.91 Å². The molecule has 0 saturated carbocycles. The van der Waals surface area contributed by atoms with Gasteiger partial charge in [0, 0.05) is 35.9 Å². The van der Waals surface area contributed by atoms with Crippen LogP contribution in [0.5, 0.6) is 0 Å². The Morgan fingerprint density at radius 3 is 2.45 bits per heavy atom. The molecular weight excluding hydrogens is 338 g/mol. The van der Waals surface area contributed by atoms with Gasteiger partial charge in [0.1, 0.15) is 4.99 Å². The average Bonchev–Trinajstić information content (AvgIpc) is 2.39. The number of anilines is 1. The van der Waals surface area contributed by atoms with E-state index in [-0.39, 0.29) is 5.91 Å². The normalized spacial score (nSPS) is 10.2. The molecule has 0 bridgehead atoms. The number of hydrogen-bond acceptors (Lipinski definition) is 3. The fraction of sp³-hybridized carbons (Fsp3) is 0.429. The van der Waals surface area contributed by atoms with Crippen molar-refractivity contribution in [2.45, 2.75) is 13.8 Å². The lowest BCUT2D eigenvalue weighted by molar-refractivity contribution is -0.129. The van der Waals surface area contributed by atoms with Gasteiger partial charge in [-0.1, -0.05) is 28.1 Å². The third-order valence-electron chi connectivity index (χ3n) is 3.12. The Hall–Kier alpha value is -1.14. The van der Waals surface area contributed by atoms with Crippen molar-refractivity contribution in [2.75, 3.05) is 31.6 Å². The highest BCUT2D eigenvalue weighted by Gasteiger charge is 2.16. The van der Waals surface area contributed by atoms with E-state index in [4.69, 9.17) is 18.0 Å². The highest BCUT2D eigenvalue weighted by molar-refractivity contribution is 9.10. The smallest absolute Gasteiger partial charge is 0.242 e. The van der Waals surface area contributed by atoms with Gasteiger partial charge in [-0.05, 0) is 32.0 Å². The van der Waals surface area contributed by atoms with E-state index in [0.717, 1.165) is 15.7 Å². The average molecular weight is 358 g/mol. The molecule has 0 spiro atoms. The molecule has 0 aromatic heterocycles. The molecule has 0 saturated heterocycles. The maximum atomic E-state index is 12.1. The van der Waals surface area contributed by atoms with Gasteiger partial charge in [-0.15, -0.1) is 0 Å². The molecule has 0 aliphatic carbocycles. The molecule has 110 valence electrons. The van der Waals surface area contributed by atoms with Crippen LogP contribution in [0.2, 0.25) is 0 Å². The molecule has 6 heteroatoms. The lowest BCUT2D eigenvalue weighted by Gasteiger charge is -2.26. The number of likely N-dealkylation sites (N-methyl/N-ethyl adjacent to an activating group) is 2. The first kappa shape index (κ1) is 16.9. The van der Waals surface area contributed by atoms with Crippen molar-refractivity contribution in [1.82, 2.24) is 4.90 Å². The van der Waals surface area contributed by atoms with Crippen molar-refractivity contribution in [1.29, 1.82) is 0 Å². The largest absolute Gasteiger partial charge is 0.389 e. The summed E-state index contributed by atoms with van der Waals surface area (Å²) in [5.41, 5.74) is 7.38. The Labute approximate surface area is 134 Å². The summed E-state index contributed by atoms with van der Waals surface area (Å²) in [6.07, 6.45) is 0. The van der Waals surface area contributed by atoms with Gasteiger partial charge in [-0.3, -0.25) is 4.79 Å². The first-order chi connectivity index (χ1) is 9.40. The molecule has 0 heterocycles. The maximum absolute atomic E-state index is 12.1. The molecule has 0 radical (unpaired) electrons. The Morgan fingerprint density at radius 1 is 1.35 bits per heavy atom. The van der Waals surface area contributed by atoms with Crippen LogP contribution in [0.1, 0.15) is 19.4 Å². The van der Waals surface area contributed by atoms with Crippen molar-refractivity contribution in [3.05, 3.63) is 28.2 Å². The zero-order valence-corrected chi connectivity index (χ0v) is 14.4. The number of benzene rings is 1. The number of carbonyl (C=O) groups is 1. The quantitative estimate of drug-likeness (QED) is 0.794. The van der Waals surface area contributed by atoms with E-state index in [1.54, 1.807) is 4.90 Å². The van der Waals surface area contributed by atoms with E-state index in [9.17, 15) is 4.79 Å². The summed E-state index contributed by atoms with van der Waals surface area (Å²) in [6.45, 7) is 5.68. The standard InChI is InChI=1S/C14H20BrN3OS/c1-4-18(5-2)13(19)9-17(3)12-7-6-10(15)8-11(12)14(16)20/h6-8H,4-5,9H2,1-3H3,(H2,16,20). The highest BCUT2D eigenvalue weighted by Crippen LogP contribution is 2.24. The van der Waals surface area contributed by atoms with Crippen LogP contribution in [0.15, 0.2) is 22.7 Å². The predicted octanol–water partition coefficient (Wildman–Crippen LogP) is 2.39. The molecule has 2 N–H and O–H groups in total. The van der Waals surface area contributed by atoms with E-state index >= 15 is 0 Å². The molecular formula is C14H20BrN3OS. The molecule has 4 nitrogen and oxygen atoms in total. The minimum atomic E-state index is 0.0920. The molecule has 1 rings (SSSR count). The summed E-state index contributed by atoms with van der Waals surface area (Å²) in [4.78, 5) is 16.1. The van der Waals surface area contributed by atoms with Crippen LogP contribution >= 0.6 is 28.1 Å². The fourth-order valence-corrected chi connectivity index (χ4v) is 2.53. The SMILES string of the molecule is CCN(CC)C(=O)CN(C)c1ccc(Br)cc1C(N)=S. The van der Waals surface area contributed by atoms with Crippen LogP contribution in [0.4, 0.5) is 5.69 Å². The van der Waals surface area contributed by atoms with E-state index in [1.807, 2.05) is 44.0 Å². The second-order valence-corrected chi connectivity index (χ2v) is 5.80. The van der Waals surface area contributed by atoms with Crippen molar-refractivity contribution in [2.24, 2.45) is 5.73 Å². The van der Waals surface area contributed by atoms with Crippen LogP contribution in [-0.4, -0.2) is 42.5 Å². The molecule has 20 heavy (non-hydrogen) atoms. The molecule has 0 aliphatic heterocycles.